The van der Waals surface area contributed by atoms with Gasteiger partial charge in [0, 0.05) is 52.1 Å². The molecule has 0 aliphatic rings. The van der Waals surface area contributed by atoms with Crippen molar-refractivity contribution >= 4 is 38.4 Å². The number of ether oxygens (including phenoxy) is 1. The first-order chi connectivity index (χ1) is 15.0. The van der Waals surface area contributed by atoms with E-state index in [2.05, 4.69) is 26.2 Å². The number of aromatic nitrogens is 1. The number of nitrogens with zero attached hydrogens (tertiary/aromatic N) is 1. The number of furan rings is 1. The molecule has 6 heteroatoms. The van der Waals surface area contributed by atoms with Crippen LogP contribution in [0, 0.1) is 0 Å². The van der Waals surface area contributed by atoms with Crippen molar-refractivity contribution in [3.8, 4) is 16.9 Å². The van der Waals surface area contributed by atoms with E-state index in [1.807, 2.05) is 55.5 Å². The second-order valence-electron chi connectivity index (χ2n) is 7.11. The lowest BCUT2D eigenvalue weighted by molar-refractivity contribution is -0.116. The van der Waals surface area contributed by atoms with Crippen molar-refractivity contribution in [3.05, 3.63) is 88.9 Å². The quantitative estimate of drug-likeness (QED) is 0.347. The van der Waals surface area contributed by atoms with Gasteiger partial charge in [-0.05, 0) is 54.0 Å². The van der Waals surface area contributed by atoms with Crippen LogP contribution in [0.15, 0.2) is 82.2 Å². The molecule has 0 atom stereocenters. The molecule has 0 aliphatic carbocycles. The molecular weight excluding hydrogens is 456 g/mol. The molecule has 1 N–H and O–H groups in total. The summed E-state index contributed by atoms with van der Waals surface area (Å²) in [6.45, 7) is 2.34. The predicted molar refractivity (Wildman–Crippen MR) is 126 cm³/mol. The molecule has 156 valence electrons. The zero-order valence-electron chi connectivity index (χ0n) is 17.2. The van der Waals surface area contributed by atoms with Crippen LogP contribution in [-0.2, 0) is 11.3 Å². The maximum atomic E-state index is 12.5. The summed E-state index contributed by atoms with van der Waals surface area (Å²) in [6.07, 6.45) is 6.75. The highest BCUT2D eigenvalue weighted by Gasteiger charge is 2.15. The van der Waals surface area contributed by atoms with Crippen LogP contribution in [0.4, 0.5) is 0 Å². The molecule has 0 saturated heterocycles. The zero-order chi connectivity index (χ0) is 21.8. The highest BCUT2D eigenvalue weighted by atomic mass is 79.9. The van der Waals surface area contributed by atoms with E-state index >= 15 is 0 Å². The van der Waals surface area contributed by atoms with E-state index in [0.717, 1.165) is 43.3 Å². The highest BCUT2D eigenvalue weighted by molar-refractivity contribution is 9.10. The smallest absolute Gasteiger partial charge is 0.244 e. The van der Waals surface area contributed by atoms with Crippen molar-refractivity contribution in [1.82, 2.24) is 10.3 Å². The number of pyridine rings is 1. The second-order valence-corrected chi connectivity index (χ2v) is 8.02. The van der Waals surface area contributed by atoms with Crippen LogP contribution in [0.5, 0.6) is 5.75 Å². The largest absolute Gasteiger partial charge is 0.496 e. The van der Waals surface area contributed by atoms with Crippen molar-refractivity contribution < 1.29 is 13.9 Å². The fourth-order valence-electron chi connectivity index (χ4n) is 3.40. The number of hydrogen-bond donors (Lipinski definition) is 1. The molecule has 0 fully saturated rings. The van der Waals surface area contributed by atoms with E-state index in [0.29, 0.717) is 12.3 Å². The van der Waals surface area contributed by atoms with E-state index in [9.17, 15) is 4.79 Å². The minimum Gasteiger partial charge on any atom is -0.496 e. The maximum absolute atomic E-state index is 12.5. The summed E-state index contributed by atoms with van der Waals surface area (Å²) in [6, 6.07) is 15.7. The minimum atomic E-state index is -0.170. The van der Waals surface area contributed by atoms with Gasteiger partial charge >= 0.3 is 0 Å². The number of allylic oxidation sites excluding steroid dienone is 1. The molecule has 4 aromatic rings. The van der Waals surface area contributed by atoms with Gasteiger partial charge in [0.2, 0.25) is 5.91 Å². The Hall–Kier alpha value is -3.38. The molecule has 0 saturated carbocycles. The molecular formula is C25H21BrN2O3. The van der Waals surface area contributed by atoms with E-state index in [4.69, 9.17) is 9.15 Å². The van der Waals surface area contributed by atoms with Crippen molar-refractivity contribution in [2.45, 2.75) is 13.5 Å². The van der Waals surface area contributed by atoms with Crippen LogP contribution >= 0.6 is 15.9 Å². The van der Waals surface area contributed by atoms with Gasteiger partial charge in [0.1, 0.15) is 11.3 Å². The molecule has 2 aromatic heterocycles. The number of benzene rings is 2. The summed E-state index contributed by atoms with van der Waals surface area (Å²) in [5.74, 6) is 0.483. The number of carbonyl (C=O) groups is 1. The van der Waals surface area contributed by atoms with Crippen molar-refractivity contribution in [2.75, 3.05) is 7.11 Å². The third kappa shape index (κ3) is 4.70. The molecule has 31 heavy (non-hydrogen) atoms. The third-order valence-electron chi connectivity index (χ3n) is 5.04. The number of methoxy groups -OCH3 is 1. The lowest BCUT2D eigenvalue weighted by Gasteiger charge is -2.10. The SMILES string of the molecule is COc1cc2occ(-c3ccc(Br)cc3)c2cc1/C(C)=C/C(=O)NCc1ccncc1. The number of fused-ring (bicyclic) bond motifs is 1. The monoisotopic (exact) mass is 476 g/mol. The number of halogens is 1. The Balaban J connectivity index is 1.65. The average molecular weight is 477 g/mol. The zero-order valence-corrected chi connectivity index (χ0v) is 18.8. The molecule has 0 unspecified atom stereocenters. The predicted octanol–water partition coefficient (Wildman–Crippen LogP) is 5.99. The summed E-state index contributed by atoms with van der Waals surface area (Å²) in [7, 11) is 1.61. The van der Waals surface area contributed by atoms with E-state index < -0.39 is 0 Å². The Morgan fingerprint density at radius 3 is 2.61 bits per heavy atom. The topological polar surface area (TPSA) is 64.4 Å². The van der Waals surface area contributed by atoms with Crippen LogP contribution in [0.1, 0.15) is 18.1 Å². The first kappa shape index (κ1) is 20.9. The fourth-order valence-corrected chi connectivity index (χ4v) is 3.66. The van der Waals surface area contributed by atoms with E-state index in [1.54, 1.807) is 31.8 Å². The number of hydrogen-bond acceptors (Lipinski definition) is 4. The molecule has 0 bridgehead atoms. The van der Waals surface area contributed by atoms with Gasteiger partial charge < -0.3 is 14.5 Å². The molecule has 4 rings (SSSR count). The van der Waals surface area contributed by atoms with Gasteiger partial charge in [-0.25, -0.2) is 0 Å². The first-order valence-corrected chi connectivity index (χ1v) is 10.5. The standard InChI is InChI=1S/C25H21BrN2O3/c1-16(11-25(29)28-14-17-7-9-27-10-8-17)20-12-21-22(18-3-5-19(26)6-4-18)15-31-24(21)13-23(20)30-2/h3-13,15H,14H2,1-2H3,(H,28,29)/b16-11+. The summed E-state index contributed by atoms with van der Waals surface area (Å²) >= 11 is 3.47. The second kappa shape index (κ2) is 9.18. The molecule has 0 aliphatic heterocycles. The van der Waals surface area contributed by atoms with Gasteiger partial charge in [0.15, 0.2) is 0 Å². The van der Waals surface area contributed by atoms with Crippen LogP contribution < -0.4 is 10.1 Å². The molecule has 2 heterocycles. The molecule has 1 amide bonds. The Labute approximate surface area is 188 Å². The maximum Gasteiger partial charge on any atom is 0.244 e. The summed E-state index contributed by atoms with van der Waals surface area (Å²) in [5.41, 5.74) is 5.40. The number of rotatable bonds is 6. The van der Waals surface area contributed by atoms with Crippen LogP contribution in [0.2, 0.25) is 0 Å². The van der Waals surface area contributed by atoms with E-state index in [-0.39, 0.29) is 5.91 Å². The van der Waals surface area contributed by atoms with Gasteiger partial charge in [-0.15, -0.1) is 0 Å². The number of amides is 1. The first-order valence-electron chi connectivity index (χ1n) is 9.75. The van der Waals surface area contributed by atoms with Crippen molar-refractivity contribution in [1.29, 1.82) is 0 Å². The van der Waals surface area contributed by atoms with Gasteiger partial charge in [-0.2, -0.15) is 0 Å². The third-order valence-corrected chi connectivity index (χ3v) is 5.57. The average Bonchev–Trinajstić information content (AvgIpc) is 3.21. The van der Waals surface area contributed by atoms with E-state index in [1.165, 1.54) is 0 Å². The normalized spacial score (nSPS) is 11.5. The van der Waals surface area contributed by atoms with Gasteiger partial charge in [-0.3, -0.25) is 9.78 Å². The summed E-state index contributed by atoms with van der Waals surface area (Å²) in [5, 5.41) is 3.87. The Bertz CT molecular complexity index is 1250. The lowest BCUT2D eigenvalue weighted by Crippen LogP contribution is -2.20. The lowest BCUT2D eigenvalue weighted by atomic mass is 9.99. The number of carbonyl (C=O) groups excluding carboxylic acids is 1. The van der Waals surface area contributed by atoms with Crippen LogP contribution in [-0.4, -0.2) is 18.0 Å². The van der Waals surface area contributed by atoms with Gasteiger partial charge in [0.05, 0.1) is 13.4 Å². The molecule has 0 radical (unpaired) electrons. The summed E-state index contributed by atoms with van der Waals surface area (Å²) < 4.78 is 12.4. The van der Waals surface area contributed by atoms with Crippen LogP contribution in [0.3, 0.4) is 0 Å². The molecule has 2 aromatic carbocycles. The fraction of sp³-hybridized carbons (Fsp3) is 0.120. The Morgan fingerprint density at radius 2 is 1.90 bits per heavy atom. The molecule has 5 nitrogen and oxygen atoms in total. The minimum absolute atomic E-state index is 0.170. The van der Waals surface area contributed by atoms with Gasteiger partial charge in [0.25, 0.3) is 0 Å². The highest BCUT2D eigenvalue weighted by Crippen LogP contribution is 2.37. The Kier molecular flexibility index (Phi) is 6.18. The molecule has 0 spiro atoms. The van der Waals surface area contributed by atoms with Crippen molar-refractivity contribution in [2.24, 2.45) is 0 Å². The Morgan fingerprint density at radius 1 is 1.16 bits per heavy atom. The van der Waals surface area contributed by atoms with Crippen LogP contribution in [0.25, 0.3) is 27.7 Å². The summed E-state index contributed by atoms with van der Waals surface area (Å²) in [4.78, 5) is 16.5. The van der Waals surface area contributed by atoms with Crippen molar-refractivity contribution in [3.63, 3.8) is 0 Å². The van der Waals surface area contributed by atoms with Gasteiger partial charge in [-0.1, -0.05) is 28.1 Å². The number of nitrogens with one attached hydrogen (secondary N) is 1.